The van der Waals surface area contributed by atoms with Crippen LogP contribution < -0.4 is 5.32 Å². The highest BCUT2D eigenvalue weighted by atomic mass is 16.3. The molecule has 0 saturated carbocycles. The standard InChI is InChI=1S/C19H14N2O2/c1-12(22)20-16-9-5-4-8-15(16)19-21-17-11-10-13-6-2-3-7-14(13)18(17)23-19/h2-11H,1H3,(H,20,22). The Labute approximate surface area is 132 Å². The first-order chi connectivity index (χ1) is 11.2. The normalized spacial score (nSPS) is 11.0. The molecule has 0 atom stereocenters. The van der Waals surface area contributed by atoms with Gasteiger partial charge in [0.25, 0.3) is 0 Å². The van der Waals surface area contributed by atoms with Gasteiger partial charge in [0.15, 0.2) is 5.58 Å². The van der Waals surface area contributed by atoms with Crippen molar-refractivity contribution in [3.05, 3.63) is 60.7 Å². The molecule has 1 amide bonds. The number of carbonyl (C=O) groups excluding carboxylic acids is 1. The average molecular weight is 302 g/mol. The van der Waals surface area contributed by atoms with Crippen molar-refractivity contribution in [1.29, 1.82) is 0 Å². The Kier molecular flexibility index (Phi) is 3.08. The predicted molar refractivity (Wildman–Crippen MR) is 91.3 cm³/mol. The topological polar surface area (TPSA) is 55.1 Å². The minimum atomic E-state index is -0.126. The van der Waals surface area contributed by atoms with Crippen molar-refractivity contribution in [3.8, 4) is 11.5 Å². The zero-order valence-electron chi connectivity index (χ0n) is 12.5. The second-order valence-corrected chi connectivity index (χ2v) is 5.38. The Morgan fingerprint density at radius 3 is 2.65 bits per heavy atom. The highest BCUT2D eigenvalue weighted by molar-refractivity contribution is 6.03. The van der Waals surface area contributed by atoms with E-state index in [9.17, 15) is 4.79 Å². The monoisotopic (exact) mass is 302 g/mol. The molecule has 23 heavy (non-hydrogen) atoms. The third-order valence-electron chi connectivity index (χ3n) is 3.75. The summed E-state index contributed by atoms with van der Waals surface area (Å²) in [6.07, 6.45) is 0. The summed E-state index contributed by atoms with van der Waals surface area (Å²) < 4.78 is 6.03. The first kappa shape index (κ1) is 13.5. The molecule has 4 heteroatoms. The Balaban J connectivity index is 1.94. The lowest BCUT2D eigenvalue weighted by atomic mass is 10.1. The fraction of sp³-hybridized carbons (Fsp3) is 0.0526. The maximum atomic E-state index is 11.4. The Morgan fingerprint density at radius 1 is 1.00 bits per heavy atom. The molecule has 0 fully saturated rings. The van der Waals surface area contributed by atoms with Gasteiger partial charge < -0.3 is 9.73 Å². The minimum Gasteiger partial charge on any atom is -0.435 e. The highest BCUT2D eigenvalue weighted by Gasteiger charge is 2.14. The van der Waals surface area contributed by atoms with E-state index in [1.807, 2.05) is 60.7 Å². The third-order valence-corrected chi connectivity index (χ3v) is 3.75. The van der Waals surface area contributed by atoms with Gasteiger partial charge in [0.2, 0.25) is 11.8 Å². The number of para-hydroxylation sites is 1. The summed E-state index contributed by atoms with van der Waals surface area (Å²) in [5.41, 5.74) is 3.02. The van der Waals surface area contributed by atoms with E-state index >= 15 is 0 Å². The number of carbonyl (C=O) groups is 1. The molecule has 0 spiro atoms. The molecule has 4 nitrogen and oxygen atoms in total. The average Bonchev–Trinajstić information content (AvgIpc) is 2.99. The molecule has 0 aliphatic rings. The minimum absolute atomic E-state index is 0.126. The number of amides is 1. The summed E-state index contributed by atoms with van der Waals surface area (Å²) in [6.45, 7) is 1.48. The number of hydrogen-bond donors (Lipinski definition) is 1. The molecule has 0 unspecified atom stereocenters. The lowest BCUT2D eigenvalue weighted by molar-refractivity contribution is -0.114. The van der Waals surface area contributed by atoms with Gasteiger partial charge in [0.1, 0.15) is 5.52 Å². The number of nitrogens with zero attached hydrogens (tertiary/aromatic N) is 1. The van der Waals surface area contributed by atoms with E-state index in [4.69, 9.17) is 4.42 Å². The third kappa shape index (κ3) is 2.34. The van der Waals surface area contributed by atoms with Gasteiger partial charge in [-0.2, -0.15) is 0 Å². The van der Waals surface area contributed by atoms with Gasteiger partial charge >= 0.3 is 0 Å². The van der Waals surface area contributed by atoms with Crippen LogP contribution in [-0.4, -0.2) is 10.9 Å². The van der Waals surface area contributed by atoms with E-state index in [-0.39, 0.29) is 5.91 Å². The summed E-state index contributed by atoms with van der Waals surface area (Å²) in [6, 6.07) is 19.5. The number of benzene rings is 3. The lowest BCUT2D eigenvalue weighted by Gasteiger charge is -2.06. The van der Waals surface area contributed by atoms with Crippen molar-refractivity contribution in [2.75, 3.05) is 5.32 Å². The van der Waals surface area contributed by atoms with Gasteiger partial charge in [0.05, 0.1) is 11.3 Å². The van der Waals surface area contributed by atoms with E-state index in [1.54, 1.807) is 0 Å². The van der Waals surface area contributed by atoms with Crippen LogP contribution in [0.25, 0.3) is 33.3 Å². The fourth-order valence-corrected chi connectivity index (χ4v) is 2.74. The highest BCUT2D eigenvalue weighted by Crippen LogP contribution is 2.33. The van der Waals surface area contributed by atoms with Crippen LogP contribution in [0.1, 0.15) is 6.92 Å². The van der Waals surface area contributed by atoms with Crippen molar-refractivity contribution in [2.45, 2.75) is 6.92 Å². The van der Waals surface area contributed by atoms with Crippen LogP contribution in [0.15, 0.2) is 65.1 Å². The van der Waals surface area contributed by atoms with Crippen molar-refractivity contribution < 1.29 is 9.21 Å². The van der Waals surface area contributed by atoms with Crippen molar-refractivity contribution in [3.63, 3.8) is 0 Å². The molecule has 4 rings (SSSR count). The lowest BCUT2D eigenvalue weighted by Crippen LogP contribution is -2.06. The summed E-state index contributed by atoms with van der Waals surface area (Å²) in [4.78, 5) is 16.0. The van der Waals surface area contributed by atoms with Crippen molar-refractivity contribution in [1.82, 2.24) is 4.98 Å². The molecule has 0 radical (unpaired) electrons. The molecule has 4 aromatic rings. The molecule has 0 bridgehead atoms. The van der Waals surface area contributed by atoms with Crippen molar-refractivity contribution in [2.24, 2.45) is 0 Å². The summed E-state index contributed by atoms with van der Waals surface area (Å²) >= 11 is 0. The van der Waals surface area contributed by atoms with E-state index in [2.05, 4.69) is 10.3 Å². The van der Waals surface area contributed by atoms with Crippen LogP contribution in [0.5, 0.6) is 0 Å². The molecule has 0 aliphatic heterocycles. The molecular formula is C19H14N2O2. The van der Waals surface area contributed by atoms with Crippen LogP contribution in [-0.2, 0) is 4.79 Å². The van der Waals surface area contributed by atoms with E-state index < -0.39 is 0 Å². The number of rotatable bonds is 2. The Bertz CT molecular complexity index is 1030. The van der Waals surface area contributed by atoms with Crippen LogP contribution in [0.4, 0.5) is 5.69 Å². The first-order valence-corrected chi connectivity index (χ1v) is 7.37. The first-order valence-electron chi connectivity index (χ1n) is 7.37. The van der Waals surface area contributed by atoms with Gasteiger partial charge in [-0.1, -0.05) is 42.5 Å². The van der Waals surface area contributed by atoms with Gasteiger partial charge in [-0.25, -0.2) is 4.98 Å². The largest absolute Gasteiger partial charge is 0.435 e. The predicted octanol–water partition coefficient (Wildman–Crippen LogP) is 4.61. The Hall–Kier alpha value is -3.14. The number of hydrogen-bond acceptors (Lipinski definition) is 3. The van der Waals surface area contributed by atoms with Gasteiger partial charge in [-0.3, -0.25) is 4.79 Å². The second kappa shape index (κ2) is 5.25. The SMILES string of the molecule is CC(=O)Nc1ccccc1-c1nc2ccc3ccccc3c2o1. The van der Waals surface area contributed by atoms with Gasteiger partial charge in [0, 0.05) is 12.3 Å². The number of oxazole rings is 1. The molecule has 0 aliphatic carbocycles. The van der Waals surface area contributed by atoms with Crippen LogP contribution in [0.2, 0.25) is 0 Å². The molecule has 1 N–H and O–H groups in total. The molecular weight excluding hydrogens is 288 g/mol. The molecule has 3 aromatic carbocycles. The quantitative estimate of drug-likeness (QED) is 0.588. The molecule has 1 aromatic heterocycles. The molecule has 1 heterocycles. The van der Waals surface area contributed by atoms with E-state index in [0.717, 1.165) is 27.4 Å². The fourth-order valence-electron chi connectivity index (χ4n) is 2.74. The van der Waals surface area contributed by atoms with Gasteiger partial charge in [-0.15, -0.1) is 0 Å². The maximum absolute atomic E-state index is 11.4. The summed E-state index contributed by atoms with van der Waals surface area (Å²) in [5.74, 6) is 0.375. The number of nitrogens with one attached hydrogen (secondary N) is 1. The summed E-state index contributed by atoms with van der Waals surface area (Å²) in [7, 11) is 0. The van der Waals surface area contributed by atoms with Crippen LogP contribution >= 0.6 is 0 Å². The zero-order valence-corrected chi connectivity index (χ0v) is 12.5. The number of anilines is 1. The number of aromatic nitrogens is 1. The second-order valence-electron chi connectivity index (χ2n) is 5.38. The van der Waals surface area contributed by atoms with Gasteiger partial charge in [-0.05, 0) is 23.6 Å². The smallest absolute Gasteiger partial charge is 0.229 e. The Morgan fingerprint density at radius 2 is 1.78 bits per heavy atom. The van der Waals surface area contributed by atoms with Crippen LogP contribution in [0.3, 0.4) is 0 Å². The molecule has 0 saturated heterocycles. The van der Waals surface area contributed by atoms with Crippen molar-refractivity contribution >= 4 is 33.5 Å². The van der Waals surface area contributed by atoms with Crippen LogP contribution in [0, 0.1) is 0 Å². The maximum Gasteiger partial charge on any atom is 0.229 e. The van der Waals surface area contributed by atoms with E-state index in [1.165, 1.54) is 6.92 Å². The summed E-state index contributed by atoms with van der Waals surface area (Å²) in [5, 5.41) is 4.95. The molecule has 112 valence electrons. The number of fused-ring (bicyclic) bond motifs is 3. The van der Waals surface area contributed by atoms with E-state index in [0.29, 0.717) is 11.6 Å². The zero-order chi connectivity index (χ0) is 15.8.